The number of pyridine rings is 1. The lowest BCUT2D eigenvalue weighted by Crippen LogP contribution is -1.95. The fourth-order valence-electron chi connectivity index (χ4n) is 2.85. The van der Waals surface area contributed by atoms with E-state index in [9.17, 15) is 0 Å². The number of hydrogen-bond donors (Lipinski definition) is 1. The number of anilines is 1. The average Bonchev–Trinajstić information content (AvgIpc) is 2.77. The van der Waals surface area contributed by atoms with Gasteiger partial charge >= 0.3 is 0 Å². The zero-order valence-corrected chi connectivity index (χ0v) is 18.4. The van der Waals surface area contributed by atoms with Gasteiger partial charge in [0.25, 0.3) is 0 Å². The maximum atomic E-state index is 6.07. The third-order valence-electron chi connectivity index (χ3n) is 4.23. The van der Waals surface area contributed by atoms with Crippen molar-refractivity contribution in [1.82, 2.24) is 4.98 Å². The van der Waals surface area contributed by atoms with E-state index in [1.807, 2.05) is 36.4 Å². The monoisotopic (exact) mass is 440 g/mol. The third-order valence-corrected chi connectivity index (χ3v) is 5.29. The van der Waals surface area contributed by atoms with Crippen LogP contribution in [0.1, 0.15) is 5.56 Å². The molecule has 0 fully saturated rings. The summed E-state index contributed by atoms with van der Waals surface area (Å²) in [5.74, 6) is 1.26. The molecule has 0 aliphatic rings. The van der Waals surface area contributed by atoms with Gasteiger partial charge in [-0.1, -0.05) is 17.7 Å². The first-order valence-corrected chi connectivity index (χ1v) is 10.1. The molecule has 0 unspecified atom stereocenters. The van der Waals surface area contributed by atoms with Crippen molar-refractivity contribution in [3.63, 3.8) is 0 Å². The fraction of sp³-hybridized carbons (Fsp3) is 0.136. The molecule has 0 bridgehead atoms. The molecule has 0 radical (unpaired) electrons. The van der Waals surface area contributed by atoms with Gasteiger partial charge in [-0.3, -0.25) is 9.98 Å². The van der Waals surface area contributed by atoms with Crippen LogP contribution in [0.5, 0.6) is 11.6 Å². The van der Waals surface area contributed by atoms with E-state index < -0.39 is 0 Å². The van der Waals surface area contributed by atoms with Crippen LogP contribution >= 0.6 is 23.5 Å². The summed E-state index contributed by atoms with van der Waals surface area (Å²) in [7, 11) is 4.95. The average molecular weight is 441 g/mol. The lowest BCUT2D eigenvalue weighted by molar-refractivity contribution is 0.387. The van der Waals surface area contributed by atoms with Crippen molar-refractivity contribution >= 4 is 47.9 Å². The molecule has 1 aromatic heterocycles. The highest BCUT2D eigenvalue weighted by Gasteiger charge is 2.11. The predicted octanol–water partition coefficient (Wildman–Crippen LogP) is 5.92. The Balaban J connectivity index is 1.94. The minimum absolute atomic E-state index is 0.502. The summed E-state index contributed by atoms with van der Waals surface area (Å²) in [6, 6.07) is 13.6. The molecule has 8 heteroatoms. The first-order chi connectivity index (χ1) is 14.6. The summed E-state index contributed by atoms with van der Waals surface area (Å²) < 4.78 is 14.2. The van der Waals surface area contributed by atoms with E-state index in [-0.39, 0.29) is 0 Å². The van der Waals surface area contributed by atoms with Gasteiger partial charge in [0.15, 0.2) is 0 Å². The molecular formula is C22H21ClN4O2S. The van der Waals surface area contributed by atoms with Crippen LogP contribution in [-0.4, -0.2) is 39.2 Å². The Morgan fingerprint density at radius 3 is 2.67 bits per heavy atom. The van der Waals surface area contributed by atoms with Crippen LogP contribution in [0, 0.1) is 0 Å². The molecule has 1 heterocycles. The van der Waals surface area contributed by atoms with Crippen molar-refractivity contribution in [2.24, 2.45) is 9.98 Å². The number of methoxy groups -OCH3 is 2. The van der Waals surface area contributed by atoms with E-state index in [2.05, 4.69) is 26.4 Å². The highest BCUT2D eigenvalue weighted by Crippen LogP contribution is 2.37. The maximum absolute atomic E-state index is 6.07. The zero-order valence-electron chi connectivity index (χ0n) is 16.8. The largest absolute Gasteiger partial charge is 0.496 e. The third kappa shape index (κ3) is 4.93. The summed E-state index contributed by atoms with van der Waals surface area (Å²) in [6.07, 6.45) is 3.31. The van der Waals surface area contributed by atoms with Crippen LogP contribution in [0.2, 0.25) is 5.02 Å². The Bertz CT molecular complexity index is 1090. The molecule has 0 aliphatic heterocycles. The molecule has 0 amide bonds. The highest BCUT2D eigenvalue weighted by molar-refractivity contribution is 8.00. The molecule has 2 aromatic carbocycles. The second-order valence-electron chi connectivity index (χ2n) is 6.10. The lowest BCUT2D eigenvalue weighted by Gasteiger charge is -2.14. The first-order valence-electron chi connectivity index (χ1n) is 8.93. The van der Waals surface area contributed by atoms with Gasteiger partial charge in [0, 0.05) is 36.3 Å². The Morgan fingerprint density at radius 1 is 1.13 bits per heavy atom. The van der Waals surface area contributed by atoms with Gasteiger partial charge in [-0.25, -0.2) is 4.98 Å². The van der Waals surface area contributed by atoms with Crippen LogP contribution in [0.15, 0.2) is 63.5 Å². The molecule has 3 aromatic rings. The fourth-order valence-corrected chi connectivity index (χ4v) is 3.84. The number of nitrogens with zero attached hydrogens (tertiary/aromatic N) is 3. The molecule has 0 saturated heterocycles. The molecule has 0 saturated carbocycles. The van der Waals surface area contributed by atoms with Gasteiger partial charge in [-0.15, -0.1) is 0 Å². The van der Waals surface area contributed by atoms with Crippen LogP contribution in [-0.2, 0) is 0 Å². The summed E-state index contributed by atoms with van der Waals surface area (Å²) in [4.78, 5) is 13.1. The number of halogens is 1. The molecular weight excluding hydrogens is 420 g/mol. The van der Waals surface area contributed by atoms with Crippen molar-refractivity contribution in [3.05, 3.63) is 59.2 Å². The summed E-state index contributed by atoms with van der Waals surface area (Å²) >= 11 is 7.43. The number of aliphatic imine (C=N–C) groups is 2. The minimum Gasteiger partial charge on any atom is -0.496 e. The molecule has 0 spiro atoms. The SMILES string of the molecule is C=Nc1ccc(-c2cc(NSc3cc(Cl)cnc3OC)ccc2OC)cc1C=NC. The van der Waals surface area contributed by atoms with Gasteiger partial charge in [0.05, 0.1) is 29.8 Å². The Labute approximate surface area is 185 Å². The van der Waals surface area contributed by atoms with Gasteiger partial charge < -0.3 is 14.2 Å². The summed E-state index contributed by atoms with van der Waals surface area (Å²) in [6.45, 7) is 3.62. The lowest BCUT2D eigenvalue weighted by atomic mass is 10.0. The van der Waals surface area contributed by atoms with Crippen molar-refractivity contribution < 1.29 is 9.47 Å². The molecule has 0 aliphatic carbocycles. The van der Waals surface area contributed by atoms with Gasteiger partial charge in [0.1, 0.15) is 5.75 Å². The van der Waals surface area contributed by atoms with Crippen LogP contribution in [0.4, 0.5) is 11.4 Å². The van der Waals surface area contributed by atoms with E-state index in [1.165, 1.54) is 11.9 Å². The quantitative estimate of drug-likeness (QED) is 0.348. The van der Waals surface area contributed by atoms with Gasteiger partial charge in [-0.05, 0) is 60.6 Å². The van der Waals surface area contributed by atoms with Gasteiger partial charge in [0.2, 0.25) is 5.88 Å². The molecule has 0 atom stereocenters. The van der Waals surface area contributed by atoms with Gasteiger partial charge in [-0.2, -0.15) is 0 Å². The van der Waals surface area contributed by atoms with Crippen LogP contribution in [0.25, 0.3) is 11.1 Å². The molecule has 6 nitrogen and oxygen atoms in total. The number of aromatic nitrogens is 1. The van der Waals surface area contributed by atoms with Crippen molar-refractivity contribution in [2.75, 3.05) is 26.0 Å². The first kappa shape index (κ1) is 21.7. The van der Waals surface area contributed by atoms with Crippen LogP contribution in [0.3, 0.4) is 0 Å². The number of benzene rings is 2. The topological polar surface area (TPSA) is 68.1 Å². The van der Waals surface area contributed by atoms with Crippen molar-refractivity contribution in [2.45, 2.75) is 4.90 Å². The second-order valence-corrected chi connectivity index (χ2v) is 7.38. The summed E-state index contributed by atoms with van der Waals surface area (Å²) in [5, 5.41) is 0.538. The highest BCUT2D eigenvalue weighted by atomic mass is 35.5. The number of rotatable bonds is 8. The second kappa shape index (κ2) is 10.1. The van der Waals surface area contributed by atoms with E-state index in [1.54, 1.807) is 39.7 Å². The molecule has 1 N–H and O–H groups in total. The van der Waals surface area contributed by atoms with Crippen molar-refractivity contribution in [1.29, 1.82) is 0 Å². The van der Waals surface area contributed by atoms with E-state index in [0.717, 1.165) is 38.7 Å². The smallest absolute Gasteiger partial charge is 0.228 e. The standard InChI is InChI=1S/C22H21ClN4O2S/c1-24-12-15-9-14(5-7-19(15)25-2)18-11-17(6-8-20(18)28-3)27-30-21-10-16(23)13-26-22(21)29-4/h5-13,27H,2H2,1,3-4H3. The minimum atomic E-state index is 0.502. The number of nitrogens with one attached hydrogen (secondary N) is 1. The molecule has 3 rings (SSSR count). The maximum Gasteiger partial charge on any atom is 0.228 e. The normalized spacial score (nSPS) is 10.8. The Kier molecular flexibility index (Phi) is 7.32. The Hall–Kier alpha value is -3.03. The van der Waals surface area contributed by atoms with E-state index in [4.69, 9.17) is 21.1 Å². The number of hydrogen-bond acceptors (Lipinski definition) is 7. The van der Waals surface area contributed by atoms with E-state index in [0.29, 0.717) is 10.9 Å². The number of ether oxygens (including phenoxy) is 2. The van der Waals surface area contributed by atoms with E-state index >= 15 is 0 Å². The molecule has 30 heavy (non-hydrogen) atoms. The molecule has 154 valence electrons. The predicted molar refractivity (Wildman–Crippen MR) is 126 cm³/mol. The Morgan fingerprint density at radius 2 is 1.97 bits per heavy atom. The van der Waals surface area contributed by atoms with Crippen molar-refractivity contribution in [3.8, 4) is 22.8 Å². The summed E-state index contributed by atoms with van der Waals surface area (Å²) in [5.41, 5.74) is 4.45. The van der Waals surface area contributed by atoms with Crippen LogP contribution < -0.4 is 14.2 Å². The zero-order chi connectivity index (χ0) is 21.5.